The van der Waals surface area contributed by atoms with Crippen LogP contribution in [0.3, 0.4) is 0 Å². The Balaban J connectivity index is 2.64. The molecule has 0 saturated heterocycles. The van der Waals surface area contributed by atoms with Gasteiger partial charge in [0.05, 0.1) is 11.5 Å². The van der Waals surface area contributed by atoms with E-state index in [0.717, 1.165) is 0 Å². The summed E-state index contributed by atoms with van der Waals surface area (Å²) in [6, 6.07) is 2.91. The first-order valence-corrected chi connectivity index (χ1v) is 7.47. The van der Waals surface area contributed by atoms with E-state index in [1.54, 1.807) is 13.2 Å². The molecule has 0 aliphatic rings. The maximum atomic E-state index is 12.2. The molecule has 6 heteroatoms. The van der Waals surface area contributed by atoms with Crippen molar-refractivity contribution >= 4 is 23.2 Å². The van der Waals surface area contributed by atoms with Gasteiger partial charge in [0.1, 0.15) is 6.04 Å². The predicted octanol–water partition coefficient (Wildman–Crippen LogP) is 1.65. The summed E-state index contributed by atoms with van der Waals surface area (Å²) in [7, 11) is 1.58. The molecule has 2 unspecified atom stereocenters. The van der Waals surface area contributed by atoms with Crippen LogP contribution in [0.15, 0.2) is 17.5 Å². The molecule has 5 nitrogen and oxygen atoms in total. The number of hydrogen-bond donors (Lipinski definition) is 2. The van der Waals surface area contributed by atoms with Crippen molar-refractivity contribution in [1.82, 2.24) is 10.6 Å². The van der Waals surface area contributed by atoms with Crippen LogP contribution in [0.1, 0.15) is 30.4 Å². The first kappa shape index (κ1) is 16.7. The van der Waals surface area contributed by atoms with Crippen LogP contribution >= 0.6 is 11.3 Å². The summed E-state index contributed by atoms with van der Waals surface area (Å²) in [5.41, 5.74) is 0. The lowest BCUT2D eigenvalue weighted by molar-refractivity contribution is -0.124. The average molecular weight is 298 g/mol. The first-order valence-electron chi connectivity index (χ1n) is 6.59. The minimum Gasteiger partial charge on any atom is -0.383 e. The largest absolute Gasteiger partial charge is 0.383 e. The first-order chi connectivity index (χ1) is 9.45. The van der Waals surface area contributed by atoms with E-state index < -0.39 is 6.04 Å². The highest BCUT2D eigenvalue weighted by Gasteiger charge is 2.25. The van der Waals surface area contributed by atoms with Gasteiger partial charge in [-0.25, -0.2) is 0 Å². The zero-order valence-electron chi connectivity index (χ0n) is 12.3. The van der Waals surface area contributed by atoms with Crippen LogP contribution in [0.2, 0.25) is 0 Å². The van der Waals surface area contributed by atoms with Crippen LogP contribution < -0.4 is 10.6 Å². The van der Waals surface area contributed by atoms with Crippen molar-refractivity contribution < 1.29 is 14.3 Å². The quantitative estimate of drug-likeness (QED) is 0.804. The third-order valence-electron chi connectivity index (χ3n) is 2.79. The van der Waals surface area contributed by atoms with E-state index in [-0.39, 0.29) is 23.8 Å². The SMILES string of the molecule is COCC(C)NC(=O)C(NC(=O)c1cccs1)C(C)C. The molecule has 1 aromatic heterocycles. The van der Waals surface area contributed by atoms with Crippen molar-refractivity contribution in [2.45, 2.75) is 32.9 Å². The lowest BCUT2D eigenvalue weighted by Gasteiger charge is -2.23. The van der Waals surface area contributed by atoms with Crippen LogP contribution in [0, 0.1) is 5.92 Å². The van der Waals surface area contributed by atoms with Crippen molar-refractivity contribution in [3.05, 3.63) is 22.4 Å². The third-order valence-corrected chi connectivity index (χ3v) is 3.65. The van der Waals surface area contributed by atoms with E-state index in [2.05, 4.69) is 10.6 Å². The van der Waals surface area contributed by atoms with Crippen molar-refractivity contribution in [2.75, 3.05) is 13.7 Å². The molecule has 2 N–H and O–H groups in total. The number of rotatable bonds is 7. The van der Waals surface area contributed by atoms with Gasteiger partial charge >= 0.3 is 0 Å². The van der Waals surface area contributed by atoms with Crippen molar-refractivity contribution in [1.29, 1.82) is 0 Å². The highest BCUT2D eigenvalue weighted by Crippen LogP contribution is 2.10. The standard InChI is InChI=1S/C14H22N2O3S/c1-9(2)12(14(18)15-10(3)8-19-4)16-13(17)11-6-5-7-20-11/h5-7,9-10,12H,8H2,1-4H3,(H,15,18)(H,16,17). The van der Waals surface area contributed by atoms with E-state index >= 15 is 0 Å². The highest BCUT2D eigenvalue weighted by molar-refractivity contribution is 7.12. The number of hydrogen-bond acceptors (Lipinski definition) is 4. The maximum Gasteiger partial charge on any atom is 0.262 e. The number of amides is 2. The molecule has 20 heavy (non-hydrogen) atoms. The Bertz CT molecular complexity index is 432. The molecule has 1 heterocycles. The molecular weight excluding hydrogens is 276 g/mol. The van der Waals surface area contributed by atoms with Crippen LogP contribution in [-0.2, 0) is 9.53 Å². The molecule has 2 atom stereocenters. The Hall–Kier alpha value is -1.40. The fourth-order valence-electron chi connectivity index (χ4n) is 1.78. The van der Waals surface area contributed by atoms with E-state index in [9.17, 15) is 9.59 Å². The molecular formula is C14H22N2O3S. The normalized spacial score (nSPS) is 13.8. The van der Waals surface area contributed by atoms with Gasteiger partial charge in [-0.1, -0.05) is 19.9 Å². The average Bonchev–Trinajstić information content (AvgIpc) is 2.89. The number of thiophene rings is 1. The summed E-state index contributed by atoms with van der Waals surface area (Å²) in [6.07, 6.45) is 0. The smallest absolute Gasteiger partial charge is 0.262 e. The van der Waals surface area contributed by atoms with Gasteiger partial charge in [0, 0.05) is 13.2 Å². The fourth-order valence-corrected chi connectivity index (χ4v) is 2.41. The van der Waals surface area contributed by atoms with Gasteiger partial charge in [-0.05, 0) is 24.3 Å². The topological polar surface area (TPSA) is 67.4 Å². The zero-order chi connectivity index (χ0) is 15.1. The third kappa shape index (κ3) is 4.94. The van der Waals surface area contributed by atoms with Gasteiger partial charge in [-0.15, -0.1) is 11.3 Å². The number of carbonyl (C=O) groups excluding carboxylic acids is 2. The number of carbonyl (C=O) groups is 2. The van der Waals surface area contributed by atoms with Crippen LogP contribution in [0.5, 0.6) is 0 Å². The van der Waals surface area contributed by atoms with Gasteiger partial charge in [0.15, 0.2) is 0 Å². The van der Waals surface area contributed by atoms with Gasteiger partial charge in [-0.3, -0.25) is 9.59 Å². The Labute approximate surface area is 123 Å². The van der Waals surface area contributed by atoms with Gasteiger partial charge in [-0.2, -0.15) is 0 Å². The van der Waals surface area contributed by atoms with E-state index in [0.29, 0.717) is 11.5 Å². The van der Waals surface area contributed by atoms with Gasteiger partial charge < -0.3 is 15.4 Å². The fraction of sp³-hybridized carbons (Fsp3) is 0.571. The second-order valence-corrected chi connectivity index (χ2v) is 5.99. The van der Waals surface area contributed by atoms with Gasteiger partial charge in [0.2, 0.25) is 5.91 Å². The molecule has 112 valence electrons. The number of nitrogens with one attached hydrogen (secondary N) is 2. The summed E-state index contributed by atoms with van der Waals surface area (Å²) < 4.78 is 4.98. The molecule has 0 fully saturated rings. The molecule has 2 amide bonds. The van der Waals surface area contributed by atoms with Crippen molar-refractivity contribution in [3.8, 4) is 0 Å². The van der Waals surface area contributed by atoms with Crippen molar-refractivity contribution in [3.63, 3.8) is 0 Å². The second kappa shape index (κ2) is 8.01. The summed E-state index contributed by atoms with van der Waals surface area (Å²) in [4.78, 5) is 24.8. The lowest BCUT2D eigenvalue weighted by Crippen LogP contribution is -2.52. The Kier molecular flexibility index (Phi) is 6.67. The zero-order valence-corrected chi connectivity index (χ0v) is 13.1. The number of ether oxygens (including phenoxy) is 1. The summed E-state index contributed by atoms with van der Waals surface area (Å²) in [5.74, 6) is -0.392. The van der Waals surface area contributed by atoms with E-state index in [1.807, 2.05) is 32.2 Å². The molecule has 0 aliphatic carbocycles. The summed E-state index contributed by atoms with van der Waals surface area (Å²) in [5, 5.41) is 7.46. The molecule has 0 bridgehead atoms. The van der Waals surface area contributed by atoms with Crippen LogP contribution in [-0.4, -0.2) is 37.6 Å². The molecule has 0 spiro atoms. The molecule has 0 radical (unpaired) electrons. The molecule has 0 aromatic carbocycles. The monoisotopic (exact) mass is 298 g/mol. The number of methoxy groups -OCH3 is 1. The second-order valence-electron chi connectivity index (χ2n) is 5.04. The Morgan fingerprint density at radius 2 is 2.00 bits per heavy atom. The van der Waals surface area contributed by atoms with Crippen LogP contribution in [0.4, 0.5) is 0 Å². The molecule has 1 rings (SSSR count). The Morgan fingerprint density at radius 3 is 2.50 bits per heavy atom. The summed E-state index contributed by atoms with van der Waals surface area (Å²) >= 11 is 1.35. The van der Waals surface area contributed by atoms with E-state index in [4.69, 9.17) is 4.74 Å². The minimum atomic E-state index is -0.552. The van der Waals surface area contributed by atoms with Gasteiger partial charge in [0.25, 0.3) is 5.91 Å². The lowest BCUT2D eigenvalue weighted by atomic mass is 10.0. The summed E-state index contributed by atoms with van der Waals surface area (Å²) in [6.45, 7) is 6.11. The molecule has 0 saturated carbocycles. The predicted molar refractivity (Wildman–Crippen MR) is 79.9 cm³/mol. The minimum absolute atomic E-state index is 0.00802. The maximum absolute atomic E-state index is 12.2. The van der Waals surface area contributed by atoms with Crippen molar-refractivity contribution in [2.24, 2.45) is 5.92 Å². The van der Waals surface area contributed by atoms with E-state index in [1.165, 1.54) is 11.3 Å². The highest BCUT2D eigenvalue weighted by atomic mass is 32.1. The molecule has 1 aromatic rings. The van der Waals surface area contributed by atoms with Crippen LogP contribution in [0.25, 0.3) is 0 Å². The Morgan fingerprint density at radius 1 is 1.30 bits per heavy atom. The molecule has 0 aliphatic heterocycles.